The number of fused-ring (bicyclic) bond motifs is 2. The Morgan fingerprint density at radius 3 is 2.37 bits per heavy atom. The van der Waals surface area contributed by atoms with Crippen molar-refractivity contribution in [1.29, 1.82) is 0 Å². The number of hydrogen-bond donors (Lipinski definition) is 0. The maximum atomic E-state index is 12.8. The van der Waals surface area contributed by atoms with Gasteiger partial charge in [-0.3, -0.25) is 0 Å². The molecule has 0 amide bonds. The summed E-state index contributed by atoms with van der Waals surface area (Å²) >= 11 is 0. The monoisotopic (exact) mass is 422 g/mol. The van der Waals surface area contributed by atoms with Crippen molar-refractivity contribution in [2.45, 2.75) is 92.3 Å². The average molecular weight is 423 g/mol. The summed E-state index contributed by atoms with van der Waals surface area (Å²) in [4.78, 5) is 12.8. The summed E-state index contributed by atoms with van der Waals surface area (Å²) in [5, 5.41) is 0. The highest BCUT2D eigenvalue weighted by molar-refractivity contribution is 5.70. The van der Waals surface area contributed by atoms with E-state index in [4.69, 9.17) is 9.47 Å². The van der Waals surface area contributed by atoms with Crippen LogP contribution in [0, 0.1) is 34.5 Å². The molecular formula is C26H48NO3+. The van der Waals surface area contributed by atoms with Crippen LogP contribution < -0.4 is 0 Å². The molecule has 0 aromatic heterocycles. The summed E-state index contributed by atoms with van der Waals surface area (Å²) in [6.45, 7) is 16.1. The zero-order valence-corrected chi connectivity index (χ0v) is 21.0. The molecular weight excluding hydrogens is 374 g/mol. The number of esters is 1. The number of carbonyl (C=O) groups excluding carboxylic acids is 1. The normalized spacial score (nSPS) is 38.2. The number of quaternary nitrogens is 1. The Morgan fingerprint density at radius 2 is 1.80 bits per heavy atom. The highest BCUT2D eigenvalue weighted by Crippen LogP contribution is 2.66. The Bertz CT molecular complexity index is 613. The highest BCUT2D eigenvalue weighted by Gasteiger charge is 2.61. The maximum absolute atomic E-state index is 12.8. The molecule has 3 saturated carbocycles. The van der Waals surface area contributed by atoms with E-state index < -0.39 is 0 Å². The van der Waals surface area contributed by atoms with Gasteiger partial charge in [-0.15, -0.1) is 0 Å². The van der Waals surface area contributed by atoms with Gasteiger partial charge in [0.2, 0.25) is 0 Å². The van der Waals surface area contributed by atoms with Crippen molar-refractivity contribution in [3.63, 3.8) is 0 Å². The summed E-state index contributed by atoms with van der Waals surface area (Å²) < 4.78 is 13.1. The van der Waals surface area contributed by atoms with Gasteiger partial charge in [0, 0.05) is 0 Å². The van der Waals surface area contributed by atoms with Crippen LogP contribution in [-0.4, -0.2) is 56.5 Å². The van der Waals surface area contributed by atoms with Crippen LogP contribution in [0.4, 0.5) is 0 Å². The van der Waals surface area contributed by atoms with E-state index in [0.29, 0.717) is 45.7 Å². The van der Waals surface area contributed by atoms with Crippen molar-refractivity contribution in [2.75, 3.05) is 33.8 Å². The van der Waals surface area contributed by atoms with Crippen LogP contribution in [0.15, 0.2) is 0 Å². The average Bonchev–Trinajstić information content (AvgIpc) is 2.94. The van der Waals surface area contributed by atoms with E-state index in [-0.39, 0.29) is 12.1 Å². The molecule has 2 bridgehead atoms. The van der Waals surface area contributed by atoms with Gasteiger partial charge in [0.25, 0.3) is 0 Å². The van der Waals surface area contributed by atoms with Crippen molar-refractivity contribution in [3.05, 3.63) is 0 Å². The lowest BCUT2D eigenvalue weighted by Crippen LogP contribution is -2.48. The third-order valence-corrected chi connectivity index (χ3v) is 9.53. The predicted molar refractivity (Wildman–Crippen MR) is 122 cm³/mol. The molecule has 0 aliphatic heterocycles. The van der Waals surface area contributed by atoms with E-state index >= 15 is 0 Å². The first kappa shape index (κ1) is 24.0. The molecule has 0 radical (unpaired) electrons. The maximum Gasteiger partial charge on any atom is 0.362 e. The first-order valence-corrected chi connectivity index (χ1v) is 12.5. The van der Waals surface area contributed by atoms with E-state index in [2.05, 4.69) is 55.6 Å². The molecule has 0 spiro atoms. The highest BCUT2D eigenvalue weighted by atomic mass is 16.5. The fraction of sp³-hybridized carbons (Fsp3) is 0.962. The summed E-state index contributed by atoms with van der Waals surface area (Å²) in [5.41, 5.74) is 0.688. The molecule has 4 nitrogen and oxygen atoms in total. The molecule has 0 unspecified atom stereocenters. The van der Waals surface area contributed by atoms with E-state index in [0.717, 1.165) is 25.5 Å². The Labute approximate surface area is 185 Å². The van der Waals surface area contributed by atoms with E-state index in [1.165, 1.54) is 32.1 Å². The van der Waals surface area contributed by atoms with Crippen LogP contribution in [-0.2, 0) is 14.3 Å². The quantitative estimate of drug-likeness (QED) is 0.393. The molecule has 3 rings (SSSR count). The Balaban J connectivity index is 1.46. The van der Waals surface area contributed by atoms with Crippen LogP contribution in [0.2, 0.25) is 0 Å². The van der Waals surface area contributed by atoms with Gasteiger partial charge >= 0.3 is 5.97 Å². The van der Waals surface area contributed by atoms with Gasteiger partial charge in [0.05, 0.1) is 26.8 Å². The van der Waals surface area contributed by atoms with Gasteiger partial charge in [-0.2, -0.15) is 0 Å². The van der Waals surface area contributed by atoms with Gasteiger partial charge in [-0.25, -0.2) is 4.79 Å². The van der Waals surface area contributed by atoms with Crippen molar-refractivity contribution in [1.82, 2.24) is 0 Å². The van der Waals surface area contributed by atoms with Crippen LogP contribution >= 0.6 is 0 Å². The second-order valence-electron chi connectivity index (χ2n) is 12.6. The molecule has 3 aliphatic carbocycles. The van der Waals surface area contributed by atoms with Gasteiger partial charge in [0.15, 0.2) is 6.54 Å². The van der Waals surface area contributed by atoms with Gasteiger partial charge in [-0.1, -0.05) is 48.0 Å². The molecule has 0 N–H and O–H groups in total. The number of ether oxygens (including phenoxy) is 2. The summed E-state index contributed by atoms with van der Waals surface area (Å²) in [7, 11) is 4.25. The number of likely N-dealkylation sites (N-methyl/N-ethyl adjacent to an activating group) is 1. The minimum absolute atomic E-state index is 0.0437. The number of nitrogens with zero attached hydrogens (tertiary/aromatic N) is 1. The van der Waals surface area contributed by atoms with Gasteiger partial charge < -0.3 is 14.0 Å². The first-order chi connectivity index (χ1) is 13.9. The number of rotatable bonds is 8. The minimum atomic E-state index is -0.0437. The first-order valence-electron chi connectivity index (χ1n) is 12.5. The zero-order chi connectivity index (χ0) is 22.3. The third kappa shape index (κ3) is 4.75. The van der Waals surface area contributed by atoms with E-state index in [9.17, 15) is 4.79 Å². The van der Waals surface area contributed by atoms with Gasteiger partial charge in [0.1, 0.15) is 12.6 Å². The van der Waals surface area contributed by atoms with E-state index in [1.54, 1.807) is 0 Å². The summed E-state index contributed by atoms with van der Waals surface area (Å²) in [6, 6.07) is 0. The lowest BCUT2D eigenvalue weighted by molar-refractivity contribution is -0.883. The largest absolute Gasteiger partial charge is 0.458 e. The van der Waals surface area contributed by atoms with Crippen LogP contribution in [0.5, 0.6) is 0 Å². The zero-order valence-electron chi connectivity index (χ0n) is 21.0. The Morgan fingerprint density at radius 1 is 1.10 bits per heavy atom. The van der Waals surface area contributed by atoms with Crippen molar-refractivity contribution < 1.29 is 18.8 Å². The molecule has 30 heavy (non-hydrogen) atoms. The second kappa shape index (κ2) is 8.73. The summed E-state index contributed by atoms with van der Waals surface area (Å²) in [6.07, 6.45) is 7.76. The van der Waals surface area contributed by atoms with Gasteiger partial charge in [-0.05, 0) is 66.6 Å². The lowest BCUT2D eigenvalue weighted by atomic mass is 9.70. The fourth-order valence-electron chi connectivity index (χ4n) is 6.71. The van der Waals surface area contributed by atoms with Crippen molar-refractivity contribution >= 4 is 5.97 Å². The van der Waals surface area contributed by atoms with Crippen molar-refractivity contribution in [3.8, 4) is 0 Å². The number of carbonyl (C=O) groups is 1. The molecule has 0 aromatic rings. The minimum Gasteiger partial charge on any atom is -0.458 e. The molecule has 3 aliphatic rings. The van der Waals surface area contributed by atoms with E-state index in [1.807, 2.05) is 0 Å². The second-order valence-corrected chi connectivity index (χ2v) is 12.6. The standard InChI is InChI=1S/C26H48NO3/c1-18(2)21-10-9-19(3)15-22(21)30-24(28)17-27(7,8)13-14-29-23-16-20-11-12-26(23,6)25(20,4)5/h18-23H,9-17H2,1-8H3/q+1/t19-,20-,21-,22+,23+,26-/m1/s1. The number of hydrogen-bond acceptors (Lipinski definition) is 3. The smallest absolute Gasteiger partial charge is 0.362 e. The SMILES string of the molecule is CC(C)[C@H]1CC[C@@H](C)C[C@@H]1OC(=O)C[N+](C)(C)CCO[C@H]1C[C@H]2CC[C@@]1(C)C2(C)C. The Hall–Kier alpha value is -0.610. The summed E-state index contributed by atoms with van der Waals surface area (Å²) in [5.74, 6) is 2.49. The predicted octanol–water partition coefficient (Wildman–Crippen LogP) is 5.30. The molecule has 0 heterocycles. The lowest BCUT2D eigenvalue weighted by Gasteiger charge is -2.39. The van der Waals surface area contributed by atoms with Crippen LogP contribution in [0.1, 0.15) is 80.1 Å². The molecule has 174 valence electrons. The third-order valence-electron chi connectivity index (χ3n) is 9.53. The Kier molecular flexibility index (Phi) is 7.00. The molecule has 4 heteroatoms. The van der Waals surface area contributed by atoms with Crippen LogP contribution in [0.25, 0.3) is 0 Å². The topological polar surface area (TPSA) is 35.5 Å². The molecule has 0 saturated heterocycles. The molecule has 0 aromatic carbocycles. The van der Waals surface area contributed by atoms with Crippen molar-refractivity contribution in [2.24, 2.45) is 34.5 Å². The molecule has 6 atom stereocenters. The molecule has 3 fully saturated rings. The fourth-order valence-corrected chi connectivity index (χ4v) is 6.71. The van der Waals surface area contributed by atoms with Crippen LogP contribution in [0.3, 0.4) is 0 Å².